The van der Waals surface area contributed by atoms with Gasteiger partial charge in [0.2, 0.25) is 11.8 Å². The van der Waals surface area contributed by atoms with E-state index in [-0.39, 0.29) is 55.3 Å². The maximum Gasteiger partial charge on any atom is 0.411 e. The van der Waals surface area contributed by atoms with Crippen molar-refractivity contribution in [1.82, 2.24) is 15.1 Å². The molecule has 2 aromatic carbocycles. The maximum absolute atomic E-state index is 13.0. The first-order chi connectivity index (χ1) is 20.0. The normalized spacial score (nSPS) is 20.7. The number of hydrogen-bond acceptors (Lipinski definition) is 8. The molecule has 5 rings (SSSR count). The zero-order chi connectivity index (χ0) is 30.0. The number of amides is 4. The summed E-state index contributed by atoms with van der Waals surface area (Å²) in [5.41, 5.74) is 2.49. The molecule has 2 unspecified atom stereocenters. The molecular formula is C29H30F2N4O7. The number of carbonyl (C=O) groups is 4. The largest absolute Gasteiger partial charge is 0.496 e. The Labute approximate surface area is 240 Å². The second-order valence-corrected chi connectivity index (χ2v) is 10.4. The number of imide groups is 1. The van der Waals surface area contributed by atoms with Crippen LogP contribution in [0.5, 0.6) is 5.75 Å². The molecule has 0 aliphatic carbocycles. The third kappa shape index (κ3) is 6.68. The Bertz CT molecular complexity index is 1430. The lowest BCUT2D eigenvalue weighted by Gasteiger charge is -2.34. The lowest BCUT2D eigenvalue weighted by Crippen LogP contribution is -2.52. The zero-order valence-corrected chi connectivity index (χ0v) is 22.9. The van der Waals surface area contributed by atoms with E-state index in [0.717, 1.165) is 5.56 Å². The first kappa shape index (κ1) is 29.0. The molecule has 2 atom stereocenters. The van der Waals surface area contributed by atoms with E-state index < -0.39 is 24.7 Å². The zero-order valence-electron chi connectivity index (χ0n) is 22.9. The van der Waals surface area contributed by atoms with E-state index in [1.807, 2.05) is 6.92 Å². The summed E-state index contributed by atoms with van der Waals surface area (Å²) >= 11 is 0. The number of carbonyl (C=O) groups excluding carboxylic acids is 4. The van der Waals surface area contributed by atoms with Crippen molar-refractivity contribution < 1.29 is 42.2 Å². The molecule has 13 heteroatoms. The van der Waals surface area contributed by atoms with Crippen LogP contribution in [-0.2, 0) is 38.8 Å². The Kier molecular flexibility index (Phi) is 8.39. The molecule has 42 heavy (non-hydrogen) atoms. The van der Waals surface area contributed by atoms with Gasteiger partial charge >= 0.3 is 12.7 Å². The van der Waals surface area contributed by atoms with Crippen molar-refractivity contribution >= 4 is 29.5 Å². The van der Waals surface area contributed by atoms with Gasteiger partial charge in [0.15, 0.2) is 0 Å². The second-order valence-electron chi connectivity index (χ2n) is 10.4. The number of fused-ring (bicyclic) bond motifs is 1. The van der Waals surface area contributed by atoms with Crippen LogP contribution >= 0.6 is 0 Å². The predicted octanol–water partition coefficient (Wildman–Crippen LogP) is 3.53. The minimum atomic E-state index is -3.05. The Morgan fingerprint density at radius 3 is 2.74 bits per heavy atom. The number of hydrogen-bond donors (Lipinski definition) is 2. The second kappa shape index (κ2) is 12.1. The lowest BCUT2D eigenvalue weighted by atomic mass is 10.0. The average molecular weight is 585 g/mol. The number of rotatable bonds is 8. The number of halogens is 2. The number of anilines is 1. The first-order valence-electron chi connectivity index (χ1n) is 13.4. The highest BCUT2D eigenvalue weighted by Crippen LogP contribution is 2.29. The van der Waals surface area contributed by atoms with E-state index in [1.54, 1.807) is 24.3 Å². The van der Waals surface area contributed by atoms with E-state index in [2.05, 4.69) is 26.8 Å². The molecular weight excluding hydrogens is 554 g/mol. The summed E-state index contributed by atoms with van der Waals surface area (Å²) in [6.45, 7) is 4.14. The van der Waals surface area contributed by atoms with Crippen molar-refractivity contribution in [2.75, 3.05) is 18.5 Å². The Hall–Kier alpha value is -4.52. The number of nitrogens with zero attached hydrogens (tertiary/aromatic N) is 2. The smallest absolute Gasteiger partial charge is 0.411 e. The molecule has 0 radical (unpaired) electrons. The molecule has 11 nitrogen and oxygen atoms in total. The van der Waals surface area contributed by atoms with Gasteiger partial charge in [-0.1, -0.05) is 18.7 Å². The summed E-state index contributed by atoms with van der Waals surface area (Å²) in [4.78, 5) is 52.9. The van der Waals surface area contributed by atoms with E-state index in [1.165, 1.54) is 17.0 Å². The number of nitrogens with one attached hydrogen (secondary N) is 2. The quantitative estimate of drug-likeness (QED) is 0.452. The average Bonchev–Trinajstić information content (AvgIpc) is 3.24. The van der Waals surface area contributed by atoms with E-state index in [4.69, 9.17) is 9.47 Å². The Morgan fingerprint density at radius 1 is 1.17 bits per heavy atom. The van der Waals surface area contributed by atoms with Crippen LogP contribution in [-0.4, -0.2) is 65.5 Å². The molecule has 0 bridgehead atoms. The molecule has 2 saturated heterocycles. The van der Waals surface area contributed by atoms with Gasteiger partial charge in [0.05, 0.1) is 6.54 Å². The summed E-state index contributed by atoms with van der Waals surface area (Å²) in [5, 5.41) is 4.81. The van der Waals surface area contributed by atoms with Gasteiger partial charge in [-0.25, -0.2) is 4.79 Å². The minimum Gasteiger partial charge on any atom is -0.496 e. The fourth-order valence-corrected chi connectivity index (χ4v) is 5.21. The monoisotopic (exact) mass is 584 g/mol. The molecule has 0 saturated carbocycles. The number of benzene rings is 2. The van der Waals surface area contributed by atoms with Crippen molar-refractivity contribution in [1.29, 1.82) is 0 Å². The van der Waals surface area contributed by atoms with Gasteiger partial charge in [0.1, 0.15) is 30.8 Å². The lowest BCUT2D eigenvalue weighted by molar-refractivity contribution is -0.136. The fraction of sp³-hybridized carbons (Fsp3) is 0.379. The van der Waals surface area contributed by atoms with Crippen LogP contribution in [0.4, 0.5) is 19.3 Å². The third-order valence-electron chi connectivity index (χ3n) is 7.32. The van der Waals surface area contributed by atoms with Gasteiger partial charge in [-0.15, -0.1) is 0 Å². The highest BCUT2D eigenvalue weighted by molar-refractivity contribution is 6.05. The minimum absolute atomic E-state index is 0.0619. The van der Waals surface area contributed by atoms with Crippen molar-refractivity contribution in [3.63, 3.8) is 0 Å². The number of alkyl halides is 2. The van der Waals surface area contributed by atoms with E-state index in [0.29, 0.717) is 42.1 Å². The van der Waals surface area contributed by atoms with Crippen LogP contribution in [0.1, 0.15) is 46.8 Å². The SMILES string of the molecule is C=C1CN(Cc2cc(NC(=O)OCc3ccc4c(c3)C(=O)N(C3CCC(=O)NC3=O)C4)cc(OC(F)F)c2)C(C)CO1. The van der Waals surface area contributed by atoms with Crippen LogP contribution in [0.15, 0.2) is 48.7 Å². The van der Waals surface area contributed by atoms with Crippen molar-refractivity contribution in [3.8, 4) is 5.75 Å². The fourth-order valence-electron chi connectivity index (χ4n) is 5.21. The third-order valence-corrected chi connectivity index (χ3v) is 7.32. The molecule has 0 spiro atoms. The van der Waals surface area contributed by atoms with Crippen LogP contribution in [0.3, 0.4) is 0 Å². The highest BCUT2D eigenvalue weighted by Gasteiger charge is 2.39. The highest BCUT2D eigenvalue weighted by atomic mass is 19.3. The summed E-state index contributed by atoms with van der Waals surface area (Å²) < 4.78 is 41.4. The Balaban J connectivity index is 1.22. The number of piperidine rings is 1. The van der Waals surface area contributed by atoms with Crippen LogP contribution in [0.25, 0.3) is 0 Å². The first-order valence-corrected chi connectivity index (χ1v) is 13.4. The molecule has 3 aliphatic rings. The molecule has 4 amide bonds. The summed E-state index contributed by atoms with van der Waals surface area (Å²) in [7, 11) is 0. The summed E-state index contributed by atoms with van der Waals surface area (Å²) in [6.07, 6.45) is -0.418. The van der Waals surface area contributed by atoms with Crippen LogP contribution in [0.2, 0.25) is 0 Å². The van der Waals surface area contributed by atoms with Crippen molar-refractivity contribution in [3.05, 3.63) is 71.0 Å². The maximum atomic E-state index is 13.0. The molecule has 0 aromatic heterocycles. The number of ether oxygens (including phenoxy) is 3. The topological polar surface area (TPSA) is 127 Å². The van der Waals surface area contributed by atoms with Crippen molar-refractivity contribution in [2.24, 2.45) is 0 Å². The Morgan fingerprint density at radius 2 is 1.98 bits per heavy atom. The van der Waals surface area contributed by atoms with Crippen molar-refractivity contribution in [2.45, 2.75) is 58.2 Å². The van der Waals surface area contributed by atoms with Gasteiger partial charge < -0.3 is 19.1 Å². The van der Waals surface area contributed by atoms with Gasteiger partial charge in [0.25, 0.3) is 5.91 Å². The van der Waals surface area contributed by atoms with Crippen LogP contribution in [0, 0.1) is 0 Å². The molecule has 2 fully saturated rings. The molecule has 3 aliphatic heterocycles. The predicted molar refractivity (Wildman–Crippen MR) is 144 cm³/mol. The van der Waals surface area contributed by atoms with Gasteiger partial charge in [-0.2, -0.15) is 8.78 Å². The summed E-state index contributed by atoms with van der Waals surface area (Å²) in [6, 6.07) is 8.77. The standard InChI is InChI=1S/C29H30F2N4O7/c1-16-14-40-17(2)11-34(16)12-19-7-21(10-22(8-19)42-28(30)31)32-29(39)41-15-18-3-4-20-13-35(27(38)23(20)9-18)24-5-6-25(36)33-26(24)37/h3-4,7-10,16,24,28H,2,5-6,11-15H2,1H3,(H,32,39)(H,33,36,37). The summed E-state index contributed by atoms with van der Waals surface area (Å²) in [5.74, 6) is -0.709. The molecule has 2 N–H and O–H groups in total. The van der Waals surface area contributed by atoms with Gasteiger partial charge in [0, 0.05) is 42.9 Å². The van der Waals surface area contributed by atoms with E-state index >= 15 is 0 Å². The number of morpholine rings is 1. The molecule has 2 aromatic rings. The van der Waals surface area contributed by atoms with E-state index in [9.17, 15) is 28.0 Å². The van der Waals surface area contributed by atoms with Crippen LogP contribution < -0.4 is 15.4 Å². The van der Waals surface area contributed by atoms with Gasteiger partial charge in [-0.05, 0) is 48.2 Å². The molecule has 222 valence electrons. The van der Waals surface area contributed by atoms with Gasteiger partial charge in [-0.3, -0.25) is 29.9 Å². The molecule has 3 heterocycles.